The van der Waals surface area contributed by atoms with E-state index >= 15 is 0 Å². The molecule has 1 spiro atoms. The van der Waals surface area contributed by atoms with E-state index in [1.807, 2.05) is 70.5 Å². The number of pyridine rings is 2. The summed E-state index contributed by atoms with van der Waals surface area (Å²) in [7, 11) is -2.64. The molecule has 0 radical (unpaired) electrons. The lowest BCUT2D eigenvalue weighted by atomic mass is 9.71. The van der Waals surface area contributed by atoms with Gasteiger partial charge in [-0.2, -0.15) is 4.31 Å². The zero-order valence-electron chi connectivity index (χ0n) is 28.0. The van der Waals surface area contributed by atoms with Crippen LogP contribution in [0.4, 0.5) is 0 Å². The zero-order valence-corrected chi connectivity index (χ0v) is 28.8. The minimum Gasteiger partial charge on any atom is -0.469 e. The number of esters is 1. The highest BCUT2D eigenvalue weighted by molar-refractivity contribution is 7.89. The second-order valence-corrected chi connectivity index (χ2v) is 15.1. The molecule has 1 unspecified atom stereocenters. The summed E-state index contributed by atoms with van der Waals surface area (Å²) in [6.45, 7) is 13.1. The molecule has 6 rings (SSSR count). The van der Waals surface area contributed by atoms with Crippen molar-refractivity contribution >= 4 is 27.0 Å². The van der Waals surface area contributed by atoms with Crippen LogP contribution in [0, 0.1) is 26.2 Å². The molecule has 47 heavy (non-hydrogen) atoms. The number of benzene rings is 1. The predicted molar refractivity (Wildman–Crippen MR) is 175 cm³/mol. The summed E-state index contributed by atoms with van der Waals surface area (Å²) in [5, 5.41) is 8.76. The Morgan fingerprint density at radius 1 is 1.13 bits per heavy atom. The van der Waals surface area contributed by atoms with Gasteiger partial charge in [0.15, 0.2) is 0 Å². The fourth-order valence-corrected chi connectivity index (χ4v) is 8.45. The Labute approximate surface area is 275 Å². The van der Waals surface area contributed by atoms with Gasteiger partial charge in [0.1, 0.15) is 16.0 Å². The molecule has 4 aromatic rings. The largest absolute Gasteiger partial charge is 0.469 e. The van der Waals surface area contributed by atoms with Crippen molar-refractivity contribution in [3.63, 3.8) is 0 Å². The van der Waals surface area contributed by atoms with Gasteiger partial charge in [0, 0.05) is 37.2 Å². The number of ether oxygens (including phenoxy) is 3. The highest BCUT2D eigenvalue weighted by Crippen LogP contribution is 2.44. The maximum absolute atomic E-state index is 14.3. The van der Waals surface area contributed by atoms with Gasteiger partial charge in [-0.15, -0.1) is 5.10 Å². The Morgan fingerprint density at radius 2 is 1.87 bits per heavy atom. The minimum absolute atomic E-state index is 0.00950. The lowest BCUT2D eigenvalue weighted by Gasteiger charge is -2.38. The average molecular weight is 663 g/mol. The molecular formula is C34H42N6O6S. The van der Waals surface area contributed by atoms with E-state index < -0.39 is 32.9 Å². The number of fused-ring (bicyclic) bond motifs is 2. The van der Waals surface area contributed by atoms with Crippen LogP contribution in [-0.2, 0) is 37.4 Å². The van der Waals surface area contributed by atoms with Crippen LogP contribution in [0.1, 0.15) is 73.2 Å². The van der Waals surface area contributed by atoms with Gasteiger partial charge in [0.05, 0.1) is 50.0 Å². The van der Waals surface area contributed by atoms with Crippen molar-refractivity contribution in [2.24, 2.45) is 5.41 Å². The van der Waals surface area contributed by atoms with Crippen LogP contribution in [0.3, 0.4) is 0 Å². The predicted octanol–water partition coefficient (Wildman–Crippen LogP) is 4.63. The fourth-order valence-electron chi connectivity index (χ4n) is 6.82. The van der Waals surface area contributed by atoms with E-state index in [1.54, 1.807) is 12.3 Å². The van der Waals surface area contributed by atoms with Crippen LogP contribution in [0.25, 0.3) is 11.0 Å². The molecule has 0 saturated carbocycles. The summed E-state index contributed by atoms with van der Waals surface area (Å²) < 4.78 is 49.3. The van der Waals surface area contributed by atoms with Gasteiger partial charge >= 0.3 is 5.97 Å². The maximum atomic E-state index is 14.3. The fraction of sp³-hybridized carbons (Fsp3) is 0.500. The summed E-state index contributed by atoms with van der Waals surface area (Å²) in [5.41, 5.74) is 4.33. The highest BCUT2D eigenvalue weighted by atomic mass is 32.2. The lowest BCUT2D eigenvalue weighted by molar-refractivity contribution is -0.151. The number of carbonyl (C=O) groups excluding carboxylic acids is 1. The Bertz CT molecular complexity index is 1950. The first-order chi connectivity index (χ1) is 22.3. The molecule has 1 atom stereocenters. The zero-order chi connectivity index (χ0) is 33.7. The number of hydrogen-bond acceptors (Lipinski definition) is 10. The van der Waals surface area contributed by atoms with Crippen LogP contribution in [0.5, 0.6) is 5.88 Å². The number of methoxy groups -OCH3 is 1. The molecule has 250 valence electrons. The molecule has 0 amide bonds. The van der Waals surface area contributed by atoms with Gasteiger partial charge in [0.2, 0.25) is 15.9 Å². The summed E-state index contributed by atoms with van der Waals surface area (Å²) in [4.78, 5) is 22.9. The monoisotopic (exact) mass is 662 g/mol. The number of hydrogen-bond donors (Lipinski definition) is 0. The summed E-state index contributed by atoms with van der Waals surface area (Å²) in [5.74, 6) is -0.815. The molecule has 13 heteroatoms. The van der Waals surface area contributed by atoms with Gasteiger partial charge in [-0.1, -0.05) is 17.3 Å². The van der Waals surface area contributed by atoms with Crippen molar-refractivity contribution < 1.29 is 27.4 Å². The Kier molecular flexibility index (Phi) is 8.60. The summed E-state index contributed by atoms with van der Waals surface area (Å²) in [6.07, 6.45) is 2.68. The molecule has 2 aliphatic rings. The number of aryl methyl sites for hydroxylation is 4. The van der Waals surface area contributed by atoms with Crippen molar-refractivity contribution in [1.82, 2.24) is 29.3 Å². The molecule has 1 saturated heterocycles. The summed E-state index contributed by atoms with van der Waals surface area (Å²) in [6, 6.07) is 9.43. The smallest absolute Gasteiger partial charge is 0.312 e. The molecular weight excluding hydrogens is 620 g/mol. The third-order valence-electron chi connectivity index (χ3n) is 9.63. The van der Waals surface area contributed by atoms with Crippen LogP contribution in [0.2, 0.25) is 0 Å². The quantitative estimate of drug-likeness (QED) is 0.258. The standard InChI is InChI=1S/C34H42N6O6S/c1-8-40-27-12-10-24(23(4)30(27)37-38-40)29(33(5,6)32(41)44-7)25-11-9-22(3)26(36-25)19-39-20-34(13-15-45-16-14-34)46-31-28(47(39,42)43)17-21(2)18-35-31/h9-12,17-18,29H,8,13-16,19-20H2,1-7H3. The van der Waals surface area contributed by atoms with Gasteiger partial charge in [0.25, 0.3) is 0 Å². The molecule has 1 aromatic carbocycles. The van der Waals surface area contributed by atoms with Gasteiger partial charge < -0.3 is 14.2 Å². The van der Waals surface area contributed by atoms with E-state index in [9.17, 15) is 13.2 Å². The van der Waals surface area contributed by atoms with E-state index in [2.05, 4.69) is 15.3 Å². The van der Waals surface area contributed by atoms with Gasteiger partial charge in [-0.3, -0.25) is 9.78 Å². The second-order valence-electron chi connectivity index (χ2n) is 13.2. The van der Waals surface area contributed by atoms with Crippen LogP contribution < -0.4 is 4.74 Å². The maximum Gasteiger partial charge on any atom is 0.312 e. The number of carbonyl (C=O) groups is 1. The molecule has 0 aliphatic carbocycles. The van der Waals surface area contributed by atoms with Crippen molar-refractivity contribution in [3.05, 3.63) is 70.2 Å². The third kappa shape index (κ3) is 5.78. The first-order valence-corrected chi connectivity index (χ1v) is 17.4. The Balaban J connectivity index is 1.47. The van der Waals surface area contributed by atoms with Gasteiger partial charge in [-0.05, 0) is 82.0 Å². The van der Waals surface area contributed by atoms with Crippen LogP contribution in [-0.4, -0.2) is 76.1 Å². The Hall–Kier alpha value is -3.94. The van der Waals surface area contributed by atoms with Crippen molar-refractivity contribution in [2.45, 2.75) is 83.9 Å². The molecule has 1 fully saturated rings. The van der Waals surface area contributed by atoms with Gasteiger partial charge in [-0.25, -0.2) is 18.1 Å². The molecule has 0 N–H and O–H groups in total. The van der Waals surface area contributed by atoms with E-state index in [4.69, 9.17) is 19.2 Å². The SMILES string of the molecule is CCn1nnc2c(C)c(C(c3ccc(C)c(CN4CC5(CCOCC5)Oc5ncc(C)cc5S4(=O)=O)n3)C(C)(C)C(=O)OC)ccc21. The third-order valence-corrected chi connectivity index (χ3v) is 11.4. The lowest BCUT2D eigenvalue weighted by Crippen LogP contribution is -2.50. The molecule has 12 nitrogen and oxygen atoms in total. The highest BCUT2D eigenvalue weighted by Gasteiger charge is 2.46. The number of rotatable bonds is 7. The first-order valence-electron chi connectivity index (χ1n) is 15.9. The average Bonchev–Trinajstić information content (AvgIpc) is 3.45. The van der Waals surface area contributed by atoms with Crippen LogP contribution >= 0.6 is 0 Å². The normalized spacial score (nSPS) is 18.4. The minimum atomic E-state index is -4.02. The molecule has 5 heterocycles. The van der Waals surface area contributed by atoms with E-state index in [-0.39, 0.29) is 23.9 Å². The second kappa shape index (κ2) is 12.3. The van der Waals surface area contributed by atoms with Crippen molar-refractivity contribution in [3.8, 4) is 5.88 Å². The van der Waals surface area contributed by atoms with Crippen LogP contribution in [0.15, 0.2) is 41.4 Å². The van der Waals surface area contributed by atoms with E-state index in [0.717, 1.165) is 27.7 Å². The molecule has 3 aromatic heterocycles. The number of aromatic nitrogens is 5. The Morgan fingerprint density at radius 3 is 2.57 bits per heavy atom. The number of nitrogens with zero attached hydrogens (tertiary/aromatic N) is 6. The molecule has 0 bridgehead atoms. The number of sulfonamides is 1. The molecule has 2 aliphatic heterocycles. The first kappa shape index (κ1) is 33.0. The van der Waals surface area contributed by atoms with Crippen molar-refractivity contribution in [2.75, 3.05) is 26.9 Å². The van der Waals surface area contributed by atoms with E-state index in [1.165, 1.54) is 11.4 Å². The summed E-state index contributed by atoms with van der Waals surface area (Å²) >= 11 is 0. The van der Waals surface area contributed by atoms with E-state index in [0.29, 0.717) is 49.6 Å². The topological polar surface area (TPSA) is 139 Å². The van der Waals surface area contributed by atoms with Crippen molar-refractivity contribution in [1.29, 1.82) is 0 Å².